The minimum absolute atomic E-state index is 0.0888. The van der Waals surface area contributed by atoms with Crippen molar-refractivity contribution in [2.24, 2.45) is 28.6 Å². The summed E-state index contributed by atoms with van der Waals surface area (Å²) in [6.07, 6.45) is 4.34. The first-order valence-electron chi connectivity index (χ1n) is 16.4. The maximum atomic E-state index is 14.4. The number of piperazine rings is 1. The second-order valence-electron chi connectivity index (χ2n) is 15.3. The zero-order chi connectivity index (χ0) is 31.6. The number of guanidine groups is 1. The van der Waals surface area contributed by atoms with Crippen LogP contribution in [0.3, 0.4) is 0 Å². The van der Waals surface area contributed by atoms with Gasteiger partial charge in [-0.3, -0.25) is 14.8 Å². The summed E-state index contributed by atoms with van der Waals surface area (Å²) in [4.78, 5) is 22.7. The van der Waals surface area contributed by atoms with Crippen molar-refractivity contribution in [1.82, 2.24) is 19.8 Å². The molecule has 1 saturated heterocycles. The highest BCUT2D eigenvalue weighted by atomic mass is 19.1. The van der Waals surface area contributed by atoms with Crippen molar-refractivity contribution in [2.75, 3.05) is 24.5 Å². The Kier molecular flexibility index (Phi) is 7.88. The van der Waals surface area contributed by atoms with E-state index < -0.39 is 0 Å². The summed E-state index contributed by atoms with van der Waals surface area (Å²) in [5.41, 5.74) is 3.33. The maximum Gasteiger partial charge on any atom is 0.261 e. The minimum atomic E-state index is -0.241. The first kappa shape index (κ1) is 30.8. The Morgan fingerprint density at radius 1 is 1.18 bits per heavy atom. The van der Waals surface area contributed by atoms with E-state index in [1.807, 2.05) is 31.2 Å². The molecule has 2 N–H and O–H groups in total. The zero-order valence-electron chi connectivity index (χ0n) is 27.5. The molecule has 3 aromatic rings. The molecule has 0 unspecified atom stereocenters. The van der Waals surface area contributed by atoms with Gasteiger partial charge in [0.1, 0.15) is 5.82 Å². The van der Waals surface area contributed by atoms with Crippen molar-refractivity contribution < 1.29 is 4.39 Å². The molecule has 0 spiro atoms. The van der Waals surface area contributed by atoms with Crippen molar-refractivity contribution in [3.05, 3.63) is 70.0 Å². The lowest BCUT2D eigenvalue weighted by Gasteiger charge is -2.63. The lowest BCUT2D eigenvalue weighted by molar-refractivity contribution is -0.108. The molecule has 7 nitrogen and oxygen atoms in total. The topological polar surface area (TPSA) is 77.2 Å². The summed E-state index contributed by atoms with van der Waals surface area (Å²) in [7, 11) is 0. The van der Waals surface area contributed by atoms with E-state index in [1.54, 1.807) is 17.0 Å². The number of rotatable bonds is 5. The Labute approximate surface area is 261 Å². The number of hydrogen-bond acceptors (Lipinski definition) is 4. The molecule has 7 rings (SSSR count). The summed E-state index contributed by atoms with van der Waals surface area (Å²) < 4.78 is 16.0. The molecule has 2 aromatic carbocycles. The predicted octanol–water partition coefficient (Wildman–Crippen LogP) is 6.22. The Hall–Kier alpha value is -3.26. The van der Waals surface area contributed by atoms with Crippen LogP contribution in [0.15, 0.2) is 47.5 Å². The van der Waals surface area contributed by atoms with Gasteiger partial charge in [-0.2, -0.15) is 0 Å². The third-order valence-electron chi connectivity index (χ3n) is 11.3. The predicted molar refractivity (Wildman–Crippen MR) is 177 cm³/mol. The number of hydrogen-bond donors (Lipinski definition) is 2. The van der Waals surface area contributed by atoms with E-state index in [-0.39, 0.29) is 22.8 Å². The van der Waals surface area contributed by atoms with E-state index >= 15 is 0 Å². The summed E-state index contributed by atoms with van der Waals surface area (Å²) in [5, 5.41) is 13.9. The molecule has 8 heteroatoms. The summed E-state index contributed by atoms with van der Waals surface area (Å²) >= 11 is 0. The fraction of sp³-hybridized carbons (Fsp3) is 0.583. The Morgan fingerprint density at radius 3 is 2.64 bits per heavy atom. The van der Waals surface area contributed by atoms with Crippen LogP contribution in [-0.4, -0.2) is 52.1 Å². The Balaban J connectivity index is 1.31. The maximum absolute atomic E-state index is 14.4. The van der Waals surface area contributed by atoms with Crippen LogP contribution in [0.4, 0.5) is 10.1 Å². The van der Waals surface area contributed by atoms with Gasteiger partial charge in [-0.15, -0.1) is 0 Å². The molecule has 4 aliphatic rings. The lowest BCUT2D eigenvalue weighted by atomic mass is 9.44. The fourth-order valence-corrected chi connectivity index (χ4v) is 8.16. The van der Waals surface area contributed by atoms with Crippen LogP contribution in [0, 0.1) is 46.7 Å². The number of halogens is 1. The average molecular weight is 601 g/mol. The number of aryl methyl sites for hydroxylation is 3. The number of nitrogens with one attached hydrogen (secondary N) is 2. The van der Waals surface area contributed by atoms with Crippen LogP contribution in [0.5, 0.6) is 0 Å². The third-order valence-corrected chi connectivity index (χ3v) is 11.3. The highest BCUT2D eigenvalue weighted by Gasteiger charge is 2.58. The van der Waals surface area contributed by atoms with E-state index in [0.717, 1.165) is 37.3 Å². The van der Waals surface area contributed by atoms with Gasteiger partial charge in [0, 0.05) is 44.0 Å². The normalized spacial score (nSPS) is 26.4. The van der Waals surface area contributed by atoms with Crippen LogP contribution in [0.2, 0.25) is 0 Å². The molecular formula is C36H49FN6O. The highest BCUT2D eigenvalue weighted by Crippen LogP contribution is 2.62. The van der Waals surface area contributed by atoms with Crippen molar-refractivity contribution in [1.29, 1.82) is 5.41 Å². The summed E-state index contributed by atoms with van der Waals surface area (Å²) in [6, 6.07) is 11.6. The van der Waals surface area contributed by atoms with Crippen molar-refractivity contribution in [3.63, 3.8) is 0 Å². The fourth-order valence-electron chi connectivity index (χ4n) is 8.16. The smallest absolute Gasteiger partial charge is 0.261 e. The van der Waals surface area contributed by atoms with Crippen molar-refractivity contribution in [2.45, 2.75) is 86.4 Å². The second-order valence-corrected chi connectivity index (χ2v) is 15.3. The van der Waals surface area contributed by atoms with Gasteiger partial charge in [0.15, 0.2) is 5.96 Å². The number of benzene rings is 2. The highest BCUT2D eigenvalue weighted by molar-refractivity contribution is 5.96. The number of anilines is 1. The largest absolute Gasteiger partial charge is 0.340 e. The quantitative estimate of drug-likeness (QED) is 0.269. The van der Waals surface area contributed by atoms with E-state index in [9.17, 15) is 14.6 Å². The molecule has 44 heavy (non-hydrogen) atoms. The molecular weight excluding hydrogens is 551 g/mol. The van der Waals surface area contributed by atoms with Gasteiger partial charge in [-0.05, 0) is 90.2 Å². The van der Waals surface area contributed by atoms with Gasteiger partial charge in [-0.25, -0.2) is 9.37 Å². The van der Waals surface area contributed by atoms with Crippen LogP contribution < -0.4 is 15.8 Å². The molecule has 3 saturated carbocycles. The summed E-state index contributed by atoms with van der Waals surface area (Å²) in [5.74, 6) is 2.03. The molecule has 1 aliphatic heterocycles. The van der Waals surface area contributed by atoms with Crippen LogP contribution in [0.25, 0.3) is 10.9 Å². The molecule has 3 aliphatic carbocycles. The van der Waals surface area contributed by atoms with Crippen molar-refractivity contribution >= 4 is 22.5 Å². The van der Waals surface area contributed by atoms with Crippen LogP contribution in [0.1, 0.15) is 65.5 Å². The summed E-state index contributed by atoms with van der Waals surface area (Å²) in [6.45, 7) is 18.6. The molecule has 0 amide bonds. The van der Waals surface area contributed by atoms with Crippen LogP contribution in [-0.2, 0) is 13.0 Å². The van der Waals surface area contributed by atoms with E-state index in [1.165, 1.54) is 12.5 Å². The third kappa shape index (κ3) is 5.44. The monoisotopic (exact) mass is 600 g/mol. The zero-order valence-corrected chi connectivity index (χ0v) is 27.5. The SMILES string of the molecule is Cc1ccc(CCn2cnc3cc(N(C(=N)N4CCN[C@@H](C(C)(C)C)C4)[C@H]4C[C@@H]5C[C@H]([C@@H]4C)C5(C)C)ccc3c2=O)c(F)c1. The number of aromatic nitrogens is 2. The first-order chi connectivity index (χ1) is 20.8. The number of fused-ring (bicyclic) bond motifs is 3. The molecule has 0 radical (unpaired) electrons. The van der Waals surface area contributed by atoms with Gasteiger partial charge >= 0.3 is 0 Å². The molecule has 236 valence electrons. The van der Waals surface area contributed by atoms with Gasteiger partial charge in [-0.1, -0.05) is 53.7 Å². The van der Waals surface area contributed by atoms with Crippen molar-refractivity contribution in [3.8, 4) is 0 Å². The Morgan fingerprint density at radius 2 is 1.95 bits per heavy atom. The van der Waals surface area contributed by atoms with Gasteiger partial charge in [0.2, 0.25) is 0 Å². The van der Waals surface area contributed by atoms with E-state index in [2.05, 4.69) is 56.7 Å². The molecule has 5 atom stereocenters. The lowest BCUT2D eigenvalue weighted by Crippen LogP contribution is -2.65. The van der Waals surface area contributed by atoms with Gasteiger partial charge in [0.25, 0.3) is 5.56 Å². The molecule has 1 aromatic heterocycles. The first-order valence-corrected chi connectivity index (χ1v) is 16.4. The average Bonchev–Trinajstić information content (AvgIpc) is 2.98. The van der Waals surface area contributed by atoms with Crippen LogP contribution >= 0.6 is 0 Å². The minimum Gasteiger partial charge on any atom is -0.340 e. The van der Waals surface area contributed by atoms with E-state index in [4.69, 9.17) is 4.98 Å². The van der Waals surface area contributed by atoms with Gasteiger partial charge < -0.3 is 15.1 Å². The molecule has 2 bridgehead atoms. The molecule has 2 heterocycles. The standard InChI is InChI=1S/C36H49FN6O/c1-22-8-9-24(29(37)16-22)12-14-42-21-40-30-19-26(10-11-27(30)33(42)44)43(31-18-25-17-28(23(31)2)36(25,6)7)34(38)41-15-13-39-32(20-41)35(3,4)5/h8-11,16,19,21,23,25,28,31-32,38-39H,12-15,17-18,20H2,1-7H3/t23-,25-,28+,31-,32+/m0/s1. The Bertz CT molecular complexity index is 1620. The second kappa shape index (κ2) is 11.3. The number of nitrogens with zero attached hydrogens (tertiary/aromatic N) is 4. The molecule has 4 fully saturated rings. The van der Waals surface area contributed by atoms with E-state index in [0.29, 0.717) is 64.6 Å². The van der Waals surface area contributed by atoms with Gasteiger partial charge in [0.05, 0.1) is 17.2 Å².